The molecule has 1 N–H and O–H groups in total. The van der Waals surface area contributed by atoms with Crippen molar-refractivity contribution < 1.29 is 32.3 Å². The number of rotatable bonds is 6. The van der Waals surface area contributed by atoms with Crippen LogP contribution in [0.25, 0.3) is 22.2 Å². The summed E-state index contributed by atoms with van der Waals surface area (Å²) in [6.07, 6.45) is 5.19. The fourth-order valence-corrected chi connectivity index (χ4v) is 7.14. The van der Waals surface area contributed by atoms with E-state index in [0.717, 1.165) is 62.7 Å². The molecule has 1 aromatic carbocycles. The predicted molar refractivity (Wildman–Crippen MR) is 160 cm³/mol. The van der Waals surface area contributed by atoms with Crippen molar-refractivity contribution in [1.29, 1.82) is 0 Å². The third kappa shape index (κ3) is 5.66. The lowest BCUT2D eigenvalue weighted by atomic mass is 9.59. The van der Waals surface area contributed by atoms with Crippen LogP contribution in [-0.4, -0.2) is 31.8 Å². The number of fused-ring (bicyclic) bond motifs is 4. The highest BCUT2D eigenvalue weighted by Crippen LogP contribution is 2.54. The molecule has 4 aliphatic rings. The van der Waals surface area contributed by atoms with Crippen LogP contribution in [-0.2, 0) is 17.5 Å². The van der Waals surface area contributed by atoms with Gasteiger partial charge in [-0.25, -0.2) is 9.78 Å². The Morgan fingerprint density at radius 3 is 2.38 bits per heavy atom. The molecule has 0 amide bonds. The van der Waals surface area contributed by atoms with Gasteiger partial charge < -0.3 is 14.4 Å². The van der Waals surface area contributed by atoms with Gasteiger partial charge in [0.1, 0.15) is 17.1 Å². The van der Waals surface area contributed by atoms with E-state index < -0.39 is 23.4 Å². The fraction of sp³-hybridized carbons (Fsp3) is 0.394. The molecule has 0 aliphatic heterocycles. The van der Waals surface area contributed by atoms with Gasteiger partial charge in [-0.1, -0.05) is 40.2 Å². The number of alkyl halides is 3. The molecule has 4 saturated carbocycles. The number of pyridine rings is 2. The Kier molecular flexibility index (Phi) is 7.34. The highest BCUT2D eigenvalue weighted by Gasteiger charge is 2.49. The zero-order valence-corrected chi connectivity index (χ0v) is 25.3. The van der Waals surface area contributed by atoms with Gasteiger partial charge in [-0.2, -0.15) is 13.2 Å². The van der Waals surface area contributed by atoms with Crippen LogP contribution in [0.2, 0.25) is 10.0 Å². The van der Waals surface area contributed by atoms with E-state index in [2.05, 4.69) is 27.0 Å². The van der Waals surface area contributed by atoms with E-state index in [1.807, 2.05) is 0 Å². The second-order valence-corrected chi connectivity index (χ2v) is 13.0. The molecule has 0 spiro atoms. The quantitative estimate of drug-likeness (QED) is 0.207. The maximum atomic E-state index is 13.8. The molecule has 4 fully saturated rings. The summed E-state index contributed by atoms with van der Waals surface area (Å²) in [6.45, 7) is 0.314. The second-order valence-electron chi connectivity index (χ2n) is 12.2. The topological polar surface area (TPSA) is 98.3 Å². The molecule has 3 aromatic heterocycles. The minimum Gasteiger partial charge on any atom is -0.477 e. The van der Waals surface area contributed by atoms with E-state index in [-0.39, 0.29) is 21.9 Å². The number of aromatic carboxylic acids is 1. The molecule has 0 radical (unpaired) electrons. The van der Waals surface area contributed by atoms with Crippen LogP contribution < -0.4 is 0 Å². The summed E-state index contributed by atoms with van der Waals surface area (Å²) in [7, 11) is 0. The third-order valence-corrected chi connectivity index (χ3v) is 9.94. The van der Waals surface area contributed by atoms with Gasteiger partial charge in [0, 0.05) is 45.8 Å². The Morgan fingerprint density at radius 1 is 1.07 bits per heavy atom. The van der Waals surface area contributed by atoms with Crippen molar-refractivity contribution in [3.05, 3.63) is 74.8 Å². The number of ether oxygens (including phenoxy) is 1. The Hall–Kier alpha value is -3.65. The summed E-state index contributed by atoms with van der Waals surface area (Å²) in [4.78, 5) is 19.3. The van der Waals surface area contributed by atoms with Crippen molar-refractivity contribution in [2.24, 2.45) is 5.41 Å². The lowest BCUT2D eigenvalue weighted by Gasteiger charge is -2.51. The van der Waals surface area contributed by atoms with Crippen LogP contribution in [0, 0.1) is 17.3 Å². The lowest BCUT2D eigenvalue weighted by molar-refractivity contribution is -0.136. The van der Waals surface area contributed by atoms with Crippen LogP contribution in [0.1, 0.15) is 90.2 Å². The van der Waals surface area contributed by atoms with E-state index >= 15 is 0 Å². The van der Waals surface area contributed by atoms with Gasteiger partial charge in [-0.15, -0.1) is 0 Å². The van der Waals surface area contributed by atoms with Gasteiger partial charge in [-0.3, -0.25) is 4.98 Å². The van der Waals surface area contributed by atoms with Crippen molar-refractivity contribution in [2.75, 3.05) is 0 Å². The predicted octanol–water partition coefficient (Wildman–Crippen LogP) is 8.85. The molecular formula is C33H26Cl2F3N3O4. The minimum atomic E-state index is -4.74. The van der Waals surface area contributed by atoms with Crippen LogP contribution >= 0.6 is 23.2 Å². The number of hydrogen-bond donors (Lipinski definition) is 1. The molecule has 45 heavy (non-hydrogen) atoms. The van der Waals surface area contributed by atoms with Gasteiger partial charge >= 0.3 is 12.1 Å². The van der Waals surface area contributed by atoms with E-state index in [1.54, 1.807) is 6.07 Å². The Bertz CT molecular complexity index is 1860. The monoisotopic (exact) mass is 655 g/mol. The number of carboxylic acid groups (broad SMARTS) is 1. The first-order chi connectivity index (χ1) is 21.5. The van der Waals surface area contributed by atoms with Gasteiger partial charge in [-0.05, 0) is 75.6 Å². The van der Waals surface area contributed by atoms with Crippen molar-refractivity contribution in [3.8, 4) is 23.1 Å². The van der Waals surface area contributed by atoms with E-state index in [9.17, 15) is 23.1 Å². The molecule has 8 rings (SSSR count). The first-order valence-corrected chi connectivity index (χ1v) is 15.4. The summed E-state index contributed by atoms with van der Waals surface area (Å²) in [6, 6.07) is 4.88. The fourth-order valence-electron chi connectivity index (χ4n) is 6.59. The third-order valence-electron chi connectivity index (χ3n) is 9.36. The van der Waals surface area contributed by atoms with Gasteiger partial charge in [0.15, 0.2) is 0 Å². The van der Waals surface area contributed by atoms with Crippen LogP contribution in [0.5, 0.6) is 0 Å². The first kappa shape index (κ1) is 30.0. The number of hydrogen-bond acceptors (Lipinski definition) is 6. The molecule has 3 heterocycles. The number of carbonyl (C=O) groups is 1. The molecule has 7 nitrogen and oxygen atoms in total. The summed E-state index contributed by atoms with van der Waals surface area (Å²) in [5, 5.41) is 14.2. The zero-order valence-electron chi connectivity index (χ0n) is 23.8. The number of carboxylic acids is 1. The summed E-state index contributed by atoms with van der Waals surface area (Å²) in [5.41, 5.74) is 0.135. The molecule has 12 heteroatoms. The molecule has 4 aromatic rings. The normalized spacial score (nSPS) is 22.8. The molecule has 0 unspecified atom stereocenters. The van der Waals surface area contributed by atoms with Gasteiger partial charge in [0.25, 0.3) is 0 Å². The van der Waals surface area contributed by atoms with E-state index in [0.29, 0.717) is 45.5 Å². The number of benzene rings is 1. The maximum absolute atomic E-state index is 13.8. The molecular weight excluding hydrogens is 630 g/mol. The largest absolute Gasteiger partial charge is 0.477 e. The zero-order chi connectivity index (χ0) is 31.6. The summed E-state index contributed by atoms with van der Waals surface area (Å²) in [5.74, 6) is 6.11. The average molecular weight is 656 g/mol. The lowest BCUT2D eigenvalue weighted by Crippen LogP contribution is -2.47. The van der Waals surface area contributed by atoms with Gasteiger partial charge in [0.05, 0.1) is 33.3 Å². The number of halogens is 5. The smallest absolute Gasteiger partial charge is 0.417 e. The molecule has 0 saturated heterocycles. The van der Waals surface area contributed by atoms with Crippen molar-refractivity contribution in [2.45, 2.75) is 75.7 Å². The average Bonchev–Trinajstić information content (AvgIpc) is 3.78. The van der Waals surface area contributed by atoms with E-state index in [1.165, 1.54) is 24.5 Å². The highest BCUT2D eigenvalue weighted by molar-refractivity contribution is 6.38. The Balaban J connectivity index is 1.09. The van der Waals surface area contributed by atoms with Crippen molar-refractivity contribution >= 4 is 40.1 Å². The van der Waals surface area contributed by atoms with E-state index in [4.69, 9.17) is 32.5 Å². The van der Waals surface area contributed by atoms with Crippen LogP contribution in [0.15, 0.2) is 41.2 Å². The summed E-state index contributed by atoms with van der Waals surface area (Å²) >= 11 is 12.9. The van der Waals surface area contributed by atoms with Crippen molar-refractivity contribution in [1.82, 2.24) is 15.1 Å². The number of nitrogens with zero attached hydrogens (tertiary/aromatic N) is 3. The standard InChI is InChI=1S/C33H26Cl2F3N3O4/c34-23-15-39-16-24(35)27(23)28-21(29(45-41-28)19-2-3-19)17-44-32-10-7-31(8-11-32,9-12-32)6-5-18-1-4-25-20(13-18)22(33(36,37)38)14-26(40-25)30(42)43/h1,4,13-16,19H,2-3,7-12,17H2,(H,42,43). The van der Waals surface area contributed by atoms with Crippen molar-refractivity contribution in [3.63, 3.8) is 0 Å². The number of aromatic nitrogens is 3. The van der Waals surface area contributed by atoms with Gasteiger partial charge in [0.2, 0.25) is 0 Å². The maximum Gasteiger partial charge on any atom is 0.417 e. The Labute approximate surface area is 266 Å². The highest BCUT2D eigenvalue weighted by atomic mass is 35.5. The minimum absolute atomic E-state index is 0.0440. The summed E-state index contributed by atoms with van der Waals surface area (Å²) < 4.78 is 53.9. The Morgan fingerprint density at radius 2 is 1.76 bits per heavy atom. The molecule has 0 atom stereocenters. The van der Waals surface area contributed by atoms with Crippen LogP contribution in [0.3, 0.4) is 0 Å². The second kappa shape index (κ2) is 11.0. The SMILES string of the molecule is O=C(O)c1cc(C(F)(F)F)c2cc(C#CC34CCC(OCc5c(-c6c(Cl)cncc6Cl)noc5C5CC5)(CC3)CC4)ccc2n1. The first-order valence-electron chi connectivity index (χ1n) is 14.7. The van der Waals surface area contributed by atoms with Crippen LogP contribution in [0.4, 0.5) is 13.2 Å². The molecule has 2 bridgehead atoms. The molecule has 232 valence electrons. The molecule has 4 aliphatic carbocycles.